The van der Waals surface area contributed by atoms with Gasteiger partial charge in [-0.15, -0.1) is 0 Å². The Labute approximate surface area is 183 Å². The van der Waals surface area contributed by atoms with Gasteiger partial charge in [0, 0.05) is 11.9 Å². The molecule has 1 aliphatic rings. The van der Waals surface area contributed by atoms with Crippen LogP contribution in [-0.4, -0.2) is 47.8 Å². The molecular formula is C24H32N2O5. The first-order valence-corrected chi connectivity index (χ1v) is 10.7. The number of likely N-dealkylation sites (tertiary alicyclic amines) is 1. The summed E-state index contributed by atoms with van der Waals surface area (Å²) in [5, 5.41) is 1.67. The molecule has 7 nitrogen and oxygen atoms in total. The fourth-order valence-corrected chi connectivity index (χ4v) is 3.63. The summed E-state index contributed by atoms with van der Waals surface area (Å²) >= 11 is 0. The number of nitrogens with zero attached hydrogens (tertiary/aromatic N) is 1. The molecule has 168 valence electrons. The largest absolute Gasteiger partial charge is 0.490 e. The van der Waals surface area contributed by atoms with Crippen LogP contribution in [0.25, 0.3) is 10.8 Å². The van der Waals surface area contributed by atoms with Crippen LogP contribution in [0.2, 0.25) is 0 Å². The third-order valence-corrected chi connectivity index (χ3v) is 4.89. The zero-order chi connectivity index (χ0) is 22.8. The van der Waals surface area contributed by atoms with Crippen molar-refractivity contribution in [1.29, 1.82) is 0 Å². The average molecular weight is 429 g/mol. The van der Waals surface area contributed by atoms with Gasteiger partial charge >= 0.3 is 6.09 Å². The SMILES string of the molecule is CC(C)Oc1cc2c(OC3CCCN(C(=O)OC(C)(C)C)C3)cccc2cc1C(N)=O. The van der Waals surface area contributed by atoms with Crippen LogP contribution in [0.4, 0.5) is 4.79 Å². The highest BCUT2D eigenvalue weighted by molar-refractivity contribution is 6.02. The lowest BCUT2D eigenvalue weighted by Crippen LogP contribution is -2.46. The molecule has 1 fully saturated rings. The maximum atomic E-state index is 12.5. The van der Waals surface area contributed by atoms with E-state index in [9.17, 15) is 9.59 Å². The van der Waals surface area contributed by atoms with Gasteiger partial charge in [0.1, 0.15) is 23.2 Å². The van der Waals surface area contributed by atoms with Gasteiger partial charge in [-0.2, -0.15) is 0 Å². The Kier molecular flexibility index (Phi) is 6.62. The van der Waals surface area contributed by atoms with Gasteiger partial charge in [0.05, 0.1) is 18.2 Å². The van der Waals surface area contributed by atoms with Gasteiger partial charge < -0.3 is 24.8 Å². The molecule has 0 aromatic heterocycles. The number of nitrogens with two attached hydrogens (primary N) is 1. The van der Waals surface area contributed by atoms with E-state index < -0.39 is 11.5 Å². The first kappa shape index (κ1) is 22.7. The maximum Gasteiger partial charge on any atom is 0.410 e. The van der Waals surface area contributed by atoms with E-state index in [2.05, 4.69) is 0 Å². The van der Waals surface area contributed by atoms with Crippen LogP contribution in [0, 0.1) is 0 Å². The molecule has 0 aliphatic carbocycles. The summed E-state index contributed by atoms with van der Waals surface area (Å²) in [6.45, 7) is 10.5. The van der Waals surface area contributed by atoms with Crippen molar-refractivity contribution in [1.82, 2.24) is 4.90 Å². The zero-order valence-corrected chi connectivity index (χ0v) is 18.9. The second-order valence-corrected chi connectivity index (χ2v) is 9.16. The maximum absolute atomic E-state index is 12.5. The summed E-state index contributed by atoms with van der Waals surface area (Å²) in [4.78, 5) is 26.1. The Bertz CT molecular complexity index is 964. The van der Waals surface area contributed by atoms with Crippen molar-refractivity contribution in [2.75, 3.05) is 13.1 Å². The second-order valence-electron chi connectivity index (χ2n) is 9.16. The molecule has 7 heteroatoms. The Morgan fingerprint density at radius 1 is 1.16 bits per heavy atom. The Morgan fingerprint density at radius 3 is 2.55 bits per heavy atom. The van der Waals surface area contributed by atoms with E-state index in [0.29, 0.717) is 30.2 Å². The van der Waals surface area contributed by atoms with Crippen LogP contribution in [0.15, 0.2) is 30.3 Å². The van der Waals surface area contributed by atoms with Crippen molar-refractivity contribution in [3.63, 3.8) is 0 Å². The molecule has 0 bridgehead atoms. The van der Waals surface area contributed by atoms with Crippen molar-refractivity contribution in [2.24, 2.45) is 5.73 Å². The van der Waals surface area contributed by atoms with Crippen LogP contribution >= 0.6 is 0 Å². The number of fused-ring (bicyclic) bond motifs is 1. The molecule has 0 radical (unpaired) electrons. The second kappa shape index (κ2) is 9.04. The fraction of sp³-hybridized carbons (Fsp3) is 0.500. The molecule has 2 amide bonds. The number of hydrogen-bond acceptors (Lipinski definition) is 5. The number of rotatable bonds is 5. The van der Waals surface area contributed by atoms with Crippen LogP contribution < -0.4 is 15.2 Å². The molecular weight excluding hydrogens is 396 g/mol. The van der Waals surface area contributed by atoms with Gasteiger partial charge in [-0.25, -0.2) is 4.79 Å². The predicted molar refractivity (Wildman–Crippen MR) is 120 cm³/mol. The Balaban J connectivity index is 1.85. The molecule has 0 spiro atoms. The monoisotopic (exact) mass is 428 g/mol. The molecule has 2 aromatic carbocycles. The summed E-state index contributed by atoms with van der Waals surface area (Å²) in [6, 6.07) is 9.20. The van der Waals surface area contributed by atoms with Crippen LogP contribution in [0.1, 0.15) is 57.8 Å². The van der Waals surface area contributed by atoms with Gasteiger partial charge in [-0.3, -0.25) is 4.79 Å². The van der Waals surface area contributed by atoms with Crippen LogP contribution in [0.5, 0.6) is 11.5 Å². The zero-order valence-electron chi connectivity index (χ0n) is 18.9. The summed E-state index contributed by atoms with van der Waals surface area (Å²) in [7, 11) is 0. The molecule has 1 saturated heterocycles. The quantitative estimate of drug-likeness (QED) is 0.757. The molecule has 31 heavy (non-hydrogen) atoms. The van der Waals surface area contributed by atoms with E-state index in [-0.39, 0.29) is 18.3 Å². The minimum Gasteiger partial charge on any atom is -0.490 e. The van der Waals surface area contributed by atoms with E-state index >= 15 is 0 Å². The minimum absolute atomic E-state index is 0.107. The van der Waals surface area contributed by atoms with Crippen LogP contribution in [-0.2, 0) is 4.74 Å². The Hall–Kier alpha value is -2.96. The summed E-state index contributed by atoms with van der Waals surface area (Å²) < 4.78 is 17.7. The minimum atomic E-state index is -0.538. The van der Waals surface area contributed by atoms with Gasteiger partial charge in [0.2, 0.25) is 0 Å². The third-order valence-electron chi connectivity index (χ3n) is 4.89. The highest BCUT2D eigenvalue weighted by atomic mass is 16.6. The molecule has 1 heterocycles. The molecule has 1 atom stereocenters. The summed E-state index contributed by atoms with van der Waals surface area (Å²) in [5.74, 6) is 0.576. The predicted octanol–water partition coefficient (Wildman–Crippen LogP) is 4.50. The molecule has 2 N–H and O–H groups in total. The van der Waals surface area contributed by atoms with Crippen molar-refractivity contribution >= 4 is 22.8 Å². The molecule has 0 saturated carbocycles. The standard InChI is InChI=1S/C24H32N2O5/c1-15(2)29-21-13-18-16(12-19(21)22(25)27)8-6-10-20(18)30-17-9-7-11-26(14-17)23(28)31-24(3,4)5/h6,8,10,12-13,15,17H,7,9,11,14H2,1-5H3,(H2,25,27). The topological polar surface area (TPSA) is 91.1 Å². The van der Waals surface area contributed by atoms with Crippen molar-refractivity contribution in [3.8, 4) is 11.5 Å². The molecule has 1 unspecified atom stereocenters. The highest BCUT2D eigenvalue weighted by Gasteiger charge is 2.29. The van der Waals surface area contributed by atoms with Crippen LogP contribution in [0.3, 0.4) is 0 Å². The van der Waals surface area contributed by atoms with E-state index in [1.165, 1.54) is 0 Å². The Morgan fingerprint density at radius 2 is 1.90 bits per heavy atom. The molecule has 1 aliphatic heterocycles. The first-order valence-electron chi connectivity index (χ1n) is 10.7. The van der Waals surface area contributed by atoms with E-state index in [1.54, 1.807) is 17.0 Å². The van der Waals surface area contributed by atoms with Gasteiger partial charge in [0.15, 0.2) is 0 Å². The summed E-state index contributed by atoms with van der Waals surface area (Å²) in [6.07, 6.45) is 1.09. The van der Waals surface area contributed by atoms with Gasteiger partial charge in [0.25, 0.3) is 5.91 Å². The van der Waals surface area contributed by atoms with Gasteiger partial charge in [-0.1, -0.05) is 12.1 Å². The number of ether oxygens (including phenoxy) is 3. The molecule has 2 aromatic rings. The van der Waals surface area contributed by atoms with E-state index in [4.69, 9.17) is 19.9 Å². The van der Waals surface area contributed by atoms with Crippen molar-refractivity contribution in [3.05, 3.63) is 35.9 Å². The van der Waals surface area contributed by atoms with Gasteiger partial charge in [-0.05, 0) is 71.0 Å². The average Bonchev–Trinajstić information content (AvgIpc) is 2.66. The smallest absolute Gasteiger partial charge is 0.410 e. The van der Waals surface area contributed by atoms with Crippen molar-refractivity contribution < 1.29 is 23.8 Å². The van der Waals surface area contributed by atoms with E-state index in [0.717, 1.165) is 23.6 Å². The van der Waals surface area contributed by atoms with E-state index in [1.807, 2.05) is 52.8 Å². The lowest BCUT2D eigenvalue weighted by molar-refractivity contribution is 0.00793. The normalized spacial score (nSPS) is 17.0. The lowest BCUT2D eigenvalue weighted by atomic mass is 10.0. The number of carbonyl (C=O) groups excluding carboxylic acids is 2. The number of hydrogen-bond donors (Lipinski definition) is 1. The lowest BCUT2D eigenvalue weighted by Gasteiger charge is -2.34. The molecule has 3 rings (SSSR count). The number of benzene rings is 2. The fourth-order valence-electron chi connectivity index (χ4n) is 3.63. The van der Waals surface area contributed by atoms with Crippen molar-refractivity contribution in [2.45, 2.75) is 65.3 Å². The number of piperidine rings is 1. The number of carbonyl (C=O) groups is 2. The highest BCUT2D eigenvalue weighted by Crippen LogP contribution is 2.34. The number of primary amides is 1. The first-order chi connectivity index (χ1) is 14.5. The summed E-state index contributed by atoms with van der Waals surface area (Å²) in [5.41, 5.74) is 5.36. The number of amides is 2. The third kappa shape index (κ3) is 5.81.